The van der Waals surface area contributed by atoms with Crippen LogP contribution in [0.4, 0.5) is 0 Å². The first-order valence-electron chi connectivity index (χ1n) is 5.70. The summed E-state index contributed by atoms with van der Waals surface area (Å²) < 4.78 is 11.0. The minimum Gasteiger partial charge on any atom is -0.496 e. The van der Waals surface area contributed by atoms with Crippen molar-refractivity contribution in [3.8, 4) is 5.75 Å². The summed E-state index contributed by atoms with van der Waals surface area (Å²) in [5.41, 5.74) is 2.44. The Balaban J connectivity index is 2.61. The maximum Gasteiger partial charge on any atom is 0.122 e. The van der Waals surface area contributed by atoms with Crippen LogP contribution in [0, 0.1) is 6.92 Å². The zero-order chi connectivity index (χ0) is 12.2. The fourth-order valence-electron chi connectivity index (χ4n) is 1.62. The van der Waals surface area contributed by atoms with Crippen LogP contribution in [0.5, 0.6) is 5.75 Å². The summed E-state index contributed by atoms with van der Waals surface area (Å²) in [5.74, 6) is 0.952. The van der Waals surface area contributed by atoms with Crippen LogP contribution in [0.1, 0.15) is 31.9 Å². The maximum atomic E-state index is 5.72. The van der Waals surface area contributed by atoms with Gasteiger partial charge in [0.15, 0.2) is 0 Å². The molecule has 1 aromatic rings. The van der Waals surface area contributed by atoms with E-state index in [4.69, 9.17) is 9.47 Å². The Kier molecular flexibility index (Phi) is 4.36. The zero-order valence-electron chi connectivity index (χ0n) is 11.0. The Morgan fingerprint density at radius 3 is 2.44 bits per heavy atom. The molecule has 0 saturated carbocycles. The van der Waals surface area contributed by atoms with Crippen molar-refractivity contribution in [3.63, 3.8) is 0 Å². The van der Waals surface area contributed by atoms with Crippen LogP contribution in [0.25, 0.3) is 0 Å². The van der Waals surface area contributed by atoms with Crippen molar-refractivity contribution >= 4 is 0 Å². The van der Waals surface area contributed by atoms with Gasteiger partial charge in [0.1, 0.15) is 5.75 Å². The van der Waals surface area contributed by atoms with Gasteiger partial charge in [-0.3, -0.25) is 0 Å². The van der Waals surface area contributed by atoms with Crippen LogP contribution < -0.4 is 4.74 Å². The van der Waals surface area contributed by atoms with Crippen molar-refractivity contribution in [1.29, 1.82) is 0 Å². The molecule has 0 spiro atoms. The first-order chi connectivity index (χ1) is 7.44. The van der Waals surface area contributed by atoms with E-state index in [0.717, 1.165) is 18.8 Å². The predicted octanol–water partition coefficient (Wildman–Crippen LogP) is 3.36. The number of hydrogen-bond donors (Lipinski definition) is 0. The van der Waals surface area contributed by atoms with Crippen molar-refractivity contribution in [2.45, 2.75) is 39.7 Å². The second-order valence-corrected chi connectivity index (χ2v) is 4.96. The summed E-state index contributed by atoms with van der Waals surface area (Å²) in [4.78, 5) is 0. The predicted molar refractivity (Wildman–Crippen MR) is 67.1 cm³/mol. The van der Waals surface area contributed by atoms with Gasteiger partial charge in [-0.25, -0.2) is 0 Å². The largest absolute Gasteiger partial charge is 0.496 e. The lowest BCUT2D eigenvalue weighted by Gasteiger charge is -2.20. The molecule has 2 heteroatoms. The lowest BCUT2D eigenvalue weighted by atomic mass is 10.1. The van der Waals surface area contributed by atoms with Gasteiger partial charge in [0.05, 0.1) is 19.3 Å². The Bertz CT molecular complexity index is 337. The summed E-state index contributed by atoms with van der Waals surface area (Å²) >= 11 is 0. The second kappa shape index (κ2) is 5.35. The average molecular weight is 222 g/mol. The van der Waals surface area contributed by atoms with Gasteiger partial charge in [-0.2, -0.15) is 0 Å². The third kappa shape index (κ3) is 3.86. The highest BCUT2D eigenvalue weighted by Gasteiger charge is 2.10. The molecular weight excluding hydrogens is 200 g/mol. The summed E-state index contributed by atoms with van der Waals surface area (Å²) in [6, 6.07) is 6.14. The molecule has 0 radical (unpaired) electrons. The molecule has 1 rings (SSSR count). The minimum atomic E-state index is -0.0627. The molecule has 0 aliphatic rings. The standard InChI is InChI=1S/C14H22O2/c1-11-12(7-6-8-13(11)15-5)9-10-16-14(2,3)4/h6-8H,9-10H2,1-5H3. The van der Waals surface area contributed by atoms with E-state index in [0.29, 0.717) is 0 Å². The van der Waals surface area contributed by atoms with Gasteiger partial charge in [-0.15, -0.1) is 0 Å². The van der Waals surface area contributed by atoms with E-state index >= 15 is 0 Å². The maximum absolute atomic E-state index is 5.72. The molecule has 0 fully saturated rings. The smallest absolute Gasteiger partial charge is 0.122 e. The topological polar surface area (TPSA) is 18.5 Å². The highest BCUT2D eigenvalue weighted by molar-refractivity contribution is 5.39. The molecule has 0 amide bonds. The van der Waals surface area contributed by atoms with Crippen molar-refractivity contribution < 1.29 is 9.47 Å². The van der Waals surface area contributed by atoms with Crippen LogP contribution in [0.15, 0.2) is 18.2 Å². The molecule has 0 heterocycles. The fraction of sp³-hybridized carbons (Fsp3) is 0.571. The van der Waals surface area contributed by atoms with Crippen molar-refractivity contribution in [1.82, 2.24) is 0 Å². The number of methoxy groups -OCH3 is 1. The van der Waals surface area contributed by atoms with Gasteiger partial charge in [-0.1, -0.05) is 12.1 Å². The quantitative estimate of drug-likeness (QED) is 0.777. The van der Waals surface area contributed by atoms with E-state index in [1.807, 2.05) is 12.1 Å². The van der Waals surface area contributed by atoms with Crippen LogP contribution in [0.3, 0.4) is 0 Å². The molecule has 0 N–H and O–H groups in total. The van der Waals surface area contributed by atoms with Gasteiger partial charge in [-0.05, 0) is 51.3 Å². The Hall–Kier alpha value is -1.02. The molecule has 0 unspecified atom stereocenters. The zero-order valence-corrected chi connectivity index (χ0v) is 11.0. The van der Waals surface area contributed by atoms with Crippen LogP contribution in [-0.4, -0.2) is 19.3 Å². The van der Waals surface area contributed by atoms with Gasteiger partial charge in [0, 0.05) is 0 Å². The van der Waals surface area contributed by atoms with Crippen LogP contribution in [0.2, 0.25) is 0 Å². The molecule has 16 heavy (non-hydrogen) atoms. The normalized spacial score (nSPS) is 11.6. The molecule has 1 aromatic carbocycles. The highest BCUT2D eigenvalue weighted by atomic mass is 16.5. The van der Waals surface area contributed by atoms with Gasteiger partial charge in [0.25, 0.3) is 0 Å². The van der Waals surface area contributed by atoms with E-state index < -0.39 is 0 Å². The van der Waals surface area contributed by atoms with Crippen molar-refractivity contribution in [2.24, 2.45) is 0 Å². The van der Waals surface area contributed by atoms with E-state index in [2.05, 4.69) is 33.8 Å². The van der Waals surface area contributed by atoms with Crippen LogP contribution >= 0.6 is 0 Å². The number of hydrogen-bond acceptors (Lipinski definition) is 2. The lowest BCUT2D eigenvalue weighted by Crippen LogP contribution is -2.20. The summed E-state index contributed by atoms with van der Waals surface area (Å²) in [5, 5.41) is 0. The molecule has 90 valence electrons. The molecule has 0 bridgehead atoms. The van der Waals surface area contributed by atoms with E-state index in [9.17, 15) is 0 Å². The Morgan fingerprint density at radius 1 is 1.19 bits per heavy atom. The molecule has 0 aliphatic heterocycles. The summed E-state index contributed by atoms with van der Waals surface area (Å²) in [6.45, 7) is 9.06. The number of ether oxygens (including phenoxy) is 2. The Labute approximate surface area is 98.6 Å². The average Bonchev–Trinajstić information content (AvgIpc) is 2.19. The molecule has 2 nitrogen and oxygen atoms in total. The first kappa shape index (κ1) is 13.0. The van der Waals surface area contributed by atoms with Crippen molar-refractivity contribution in [2.75, 3.05) is 13.7 Å². The molecule has 0 aromatic heterocycles. The number of rotatable bonds is 4. The monoisotopic (exact) mass is 222 g/mol. The second-order valence-electron chi connectivity index (χ2n) is 4.96. The summed E-state index contributed by atoms with van der Waals surface area (Å²) in [6.07, 6.45) is 0.931. The first-order valence-corrected chi connectivity index (χ1v) is 5.70. The van der Waals surface area contributed by atoms with Gasteiger partial charge < -0.3 is 9.47 Å². The minimum absolute atomic E-state index is 0.0627. The van der Waals surface area contributed by atoms with Crippen LogP contribution in [-0.2, 0) is 11.2 Å². The van der Waals surface area contributed by atoms with E-state index in [1.165, 1.54) is 11.1 Å². The van der Waals surface area contributed by atoms with E-state index in [1.54, 1.807) is 7.11 Å². The number of benzene rings is 1. The molecule has 0 aliphatic carbocycles. The third-order valence-corrected chi connectivity index (χ3v) is 2.52. The molecular formula is C14H22O2. The summed E-state index contributed by atoms with van der Waals surface area (Å²) in [7, 11) is 1.71. The molecule has 0 atom stereocenters. The van der Waals surface area contributed by atoms with E-state index in [-0.39, 0.29) is 5.60 Å². The van der Waals surface area contributed by atoms with Crippen molar-refractivity contribution in [3.05, 3.63) is 29.3 Å². The third-order valence-electron chi connectivity index (χ3n) is 2.52. The lowest BCUT2D eigenvalue weighted by molar-refractivity contribution is -0.00103. The molecule has 0 saturated heterocycles. The van der Waals surface area contributed by atoms with Gasteiger partial charge >= 0.3 is 0 Å². The highest BCUT2D eigenvalue weighted by Crippen LogP contribution is 2.21. The fourth-order valence-corrected chi connectivity index (χ4v) is 1.62. The Morgan fingerprint density at radius 2 is 1.88 bits per heavy atom. The van der Waals surface area contributed by atoms with Gasteiger partial charge in [0.2, 0.25) is 0 Å². The SMILES string of the molecule is COc1cccc(CCOC(C)(C)C)c1C.